The van der Waals surface area contributed by atoms with Crippen LogP contribution >= 0.6 is 0 Å². The summed E-state index contributed by atoms with van der Waals surface area (Å²) in [4.78, 5) is 0. The van der Waals surface area contributed by atoms with Crippen LogP contribution in [0.3, 0.4) is 0 Å². The van der Waals surface area contributed by atoms with E-state index in [2.05, 4.69) is 0 Å². The number of hydrogen-bond acceptors (Lipinski definition) is 2. The van der Waals surface area contributed by atoms with E-state index in [1.807, 2.05) is 0 Å². The van der Waals surface area contributed by atoms with Crippen molar-refractivity contribution in [1.29, 1.82) is 0 Å². The molecule has 2 N–H and O–H groups in total. The van der Waals surface area contributed by atoms with Crippen molar-refractivity contribution < 1.29 is 36.6 Å². The summed E-state index contributed by atoms with van der Waals surface area (Å²) < 4.78 is 65.9. The molecule has 0 unspecified atom stereocenters. The molecule has 0 fully saturated rings. The Balaban J connectivity index is 0. The van der Waals surface area contributed by atoms with Gasteiger partial charge in [-0.1, -0.05) is 0 Å². The minimum atomic E-state index is -5.63. The molecule has 0 heterocycles. The first-order valence-corrected chi connectivity index (χ1v) is 2.42. The van der Waals surface area contributed by atoms with Gasteiger partial charge in [0.05, 0.1) is 0 Å². The van der Waals surface area contributed by atoms with Crippen molar-refractivity contribution >= 4 is 0 Å². The largest absolute Gasteiger partial charge is 0.423 e. The highest BCUT2D eigenvalue weighted by atomic mass is 19.4. The lowest BCUT2D eigenvalue weighted by Crippen LogP contribution is -2.41. The average Bonchev–Trinajstić information content (AvgIpc) is 1.87. The normalized spacial score (nSPS) is 12.5. The van der Waals surface area contributed by atoms with E-state index in [4.69, 9.17) is 10.2 Å². The molecule has 0 saturated carbocycles. The summed E-state index contributed by atoms with van der Waals surface area (Å²) >= 11 is 0. The molecule has 0 aliphatic rings. The zero-order valence-electron chi connectivity index (χ0n) is 5.74. The molecule has 0 atom stereocenters. The highest BCUT2D eigenvalue weighted by Gasteiger charge is 2.55. The maximum atomic E-state index is 11.0. The molecule has 0 spiro atoms. The molecule has 0 radical (unpaired) electrons. The Kier molecular flexibility index (Phi) is 5.28. The van der Waals surface area contributed by atoms with Crippen LogP contribution in [0.25, 0.3) is 0 Å². The molecule has 0 aromatic heterocycles. The van der Waals surface area contributed by atoms with Crippen LogP contribution in [0, 0.1) is 0 Å². The number of alkyl halides is 6. The molecule has 2 nitrogen and oxygen atoms in total. The van der Waals surface area contributed by atoms with Gasteiger partial charge in [0.25, 0.3) is 0 Å². The van der Waals surface area contributed by atoms with E-state index in [-0.39, 0.29) is 0 Å². The van der Waals surface area contributed by atoms with Crippen molar-refractivity contribution in [2.75, 3.05) is 7.11 Å². The predicted molar refractivity (Wildman–Crippen MR) is 26.3 cm³/mol. The minimum absolute atomic E-state index is 1.00. The zero-order chi connectivity index (χ0) is 10.6. The topological polar surface area (TPSA) is 40.5 Å². The van der Waals surface area contributed by atoms with Gasteiger partial charge in [0, 0.05) is 7.11 Å². The van der Waals surface area contributed by atoms with Gasteiger partial charge in [0.1, 0.15) is 0 Å². The van der Waals surface area contributed by atoms with Gasteiger partial charge in [-0.25, -0.2) is 0 Å². The van der Waals surface area contributed by atoms with Crippen LogP contribution in [-0.2, 0) is 0 Å². The zero-order valence-corrected chi connectivity index (χ0v) is 5.74. The summed E-state index contributed by atoms with van der Waals surface area (Å²) in [6.45, 7) is 0. The number of aliphatic hydroxyl groups is 2. The van der Waals surface area contributed by atoms with Crippen LogP contribution in [0.15, 0.2) is 0 Å². The molecule has 0 aliphatic heterocycles. The van der Waals surface area contributed by atoms with E-state index in [9.17, 15) is 26.3 Å². The fourth-order valence-electron chi connectivity index (χ4n) is 0.186. The van der Waals surface area contributed by atoms with Gasteiger partial charge in [-0.3, -0.25) is 0 Å². The van der Waals surface area contributed by atoms with Gasteiger partial charge in [-0.2, -0.15) is 26.3 Å². The Hall–Kier alpha value is -0.500. The summed E-state index contributed by atoms with van der Waals surface area (Å²) in [5, 5.41) is 14.5. The molecule has 0 saturated heterocycles. The molecule has 0 amide bonds. The second-order valence-electron chi connectivity index (χ2n) is 1.49. The van der Waals surface area contributed by atoms with E-state index in [0.717, 1.165) is 7.11 Å². The Bertz CT molecular complexity index is 102. The molecule has 0 rings (SSSR count). The van der Waals surface area contributed by atoms with E-state index in [1.165, 1.54) is 0 Å². The van der Waals surface area contributed by atoms with E-state index >= 15 is 0 Å². The van der Waals surface area contributed by atoms with Gasteiger partial charge in [0.2, 0.25) is 6.10 Å². The SMILES string of the molecule is CO.OC(C(F)(F)F)C(F)(F)F. The molecule has 12 heavy (non-hydrogen) atoms. The van der Waals surface area contributed by atoms with E-state index in [0.29, 0.717) is 0 Å². The number of halogens is 6. The molecule has 0 aromatic carbocycles. The van der Waals surface area contributed by atoms with Crippen LogP contribution in [-0.4, -0.2) is 35.8 Å². The lowest BCUT2D eigenvalue weighted by atomic mass is 10.3. The van der Waals surface area contributed by atoms with E-state index < -0.39 is 18.5 Å². The highest BCUT2D eigenvalue weighted by molar-refractivity contribution is 4.72. The maximum Gasteiger partial charge on any atom is 0.423 e. The van der Waals surface area contributed by atoms with Gasteiger partial charge >= 0.3 is 12.4 Å². The van der Waals surface area contributed by atoms with Gasteiger partial charge in [0.15, 0.2) is 0 Å². The third-order valence-electron chi connectivity index (χ3n) is 0.620. The quantitative estimate of drug-likeness (QED) is 0.574. The van der Waals surface area contributed by atoms with Crippen molar-refractivity contribution in [3.63, 3.8) is 0 Å². The Morgan fingerprint density at radius 3 is 1.00 bits per heavy atom. The summed E-state index contributed by atoms with van der Waals surface area (Å²) in [5.74, 6) is 0. The molecule has 76 valence electrons. The van der Waals surface area contributed by atoms with E-state index in [1.54, 1.807) is 0 Å². The van der Waals surface area contributed by atoms with Gasteiger partial charge in [-0.15, -0.1) is 0 Å². The second kappa shape index (κ2) is 4.51. The van der Waals surface area contributed by atoms with Crippen molar-refractivity contribution in [2.45, 2.75) is 18.5 Å². The molecule has 0 bridgehead atoms. The number of aliphatic hydroxyl groups excluding tert-OH is 2. The monoisotopic (exact) mass is 200 g/mol. The number of rotatable bonds is 0. The predicted octanol–water partition coefficient (Wildman–Crippen LogP) is 1.08. The van der Waals surface area contributed by atoms with Crippen molar-refractivity contribution in [3.8, 4) is 0 Å². The third-order valence-corrected chi connectivity index (χ3v) is 0.620. The fourth-order valence-corrected chi connectivity index (χ4v) is 0.186. The first-order chi connectivity index (χ1) is 5.15. The smallest absolute Gasteiger partial charge is 0.400 e. The molecule has 0 aliphatic carbocycles. The van der Waals surface area contributed by atoms with Crippen LogP contribution < -0.4 is 0 Å². The van der Waals surface area contributed by atoms with Crippen LogP contribution in [0.4, 0.5) is 26.3 Å². The Morgan fingerprint density at radius 2 is 1.00 bits per heavy atom. The summed E-state index contributed by atoms with van der Waals surface area (Å²) in [6, 6.07) is 0. The third kappa shape index (κ3) is 5.19. The Labute approximate surface area is 63.4 Å². The second-order valence-corrected chi connectivity index (χ2v) is 1.49. The molecule has 0 aromatic rings. The maximum absolute atomic E-state index is 11.0. The molecular formula is C4H6F6O2. The van der Waals surface area contributed by atoms with Crippen LogP contribution in [0.5, 0.6) is 0 Å². The lowest BCUT2D eigenvalue weighted by Gasteiger charge is -2.16. The standard InChI is InChI=1S/C3H2F6O.CH4O/c4-2(5,6)1(10)3(7,8)9;1-2/h1,10H;2H,1H3. The summed E-state index contributed by atoms with van der Waals surface area (Å²) in [5.41, 5.74) is 0. The number of hydrogen-bond donors (Lipinski definition) is 2. The molecule has 8 heteroatoms. The van der Waals surface area contributed by atoms with Gasteiger partial charge < -0.3 is 10.2 Å². The first-order valence-electron chi connectivity index (χ1n) is 2.42. The van der Waals surface area contributed by atoms with Crippen molar-refractivity contribution in [3.05, 3.63) is 0 Å². The lowest BCUT2D eigenvalue weighted by molar-refractivity contribution is -0.308. The van der Waals surface area contributed by atoms with Gasteiger partial charge in [-0.05, 0) is 0 Å². The fraction of sp³-hybridized carbons (Fsp3) is 1.00. The summed E-state index contributed by atoms with van der Waals surface area (Å²) in [6.07, 6.45) is -15.5. The first kappa shape index (κ1) is 14.0. The average molecular weight is 200 g/mol. The van der Waals surface area contributed by atoms with Crippen LogP contribution in [0.1, 0.15) is 0 Å². The minimum Gasteiger partial charge on any atom is -0.400 e. The molecular weight excluding hydrogens is 194 g/mol. The summed E-state index contributed by atoms with van der Waals surface area (Å²) in [7, 11) is 1.00. The van der Waals surface area contributed by atoms with Crippen LogP contribution in [0.2, 0.25) is 0 Å². The Morgan fingerprint density at radius 1 is 0.833 bits per heavy atom. The van der Waals surface area contributed by atoms with Crippen molar-refractivity contribution in [1.82, 2.24) is 0 Å². The van der Waals surface area contributed by atoms with Crippen molar-refractivity contribution in [2.24, 2.45) is 0 Å². The highest BCUT2D eigenvalue weighted by Crippen LogP contribution is 2.32.